The van der Waals surface area contributed by atoms with E-state index in [9.17, 15) is 9.59 Å². The number of urea groups is 1. The summed E-state index contributed by atoms with van der Waals surface area (Å²) in [5, 5.41) is 4.79. The van der Waals surface area contributed by atoms with Gasteiger partial charge in [-0.05, 0) is 19.9 Å². The number of nitrogens with one attached hydrogen (secondary N) is 2. The highest BCUT2D eigenvalue weighted by Crippen LogP contribution is 2.17. The van der Waals surface area contributed by atoms with E-state index in [0.29, 0.717) is 11.7 Å². The first kappa shape index (κ1) is 13.4. The van der Waals surface area contributed by atoms with Gasteiger partial charge < -0.3 is 5.32 Å². The van der Waals surface area contributed by atoms with E-state index in [-0.39, 0.29) is 5.91 Å². The Morgan fingerprint density at radius 3 is 2.65 bits per heavy atom. The highest BCUT2D eigenvalue weighted by Gasteiger charge is 2.17. The number of rotatable bonds is 4. The van der Waals surface area contributed by atoms with E-state index in [0.717, 1.165) is 0 Å². The predicted octanol–water partition coefficient (Wildman–Crippen LogP) is 0.803. The third-order valence-electron chi connectivity index (χ3n) is 1.77. The van der Waals surface area contributed by atoms with Gasteiger partial charge in [0.1, 0.15) is 0 Å². The zero-order valence-corrected chi connectivity index (χ0v) is 10.5. The molecule has 2 N–H and O–H groups in total. The van der Waals surface area contributed by atoms with Crippen LogP contribution in [0.4, 0.5) is 4.79 Å². The number of nitrogens with zero attached hydrogens (tertiary/aromatic N) is 2. The fraction of sp³-hybridized carbons (Fsp3) is 0.400. The summed E-state index contributed by atoms with van der Waals surface area (Å²) in [4.78, 5) is 30.7. The molecule has 1 atom stereocenters. The number of carbonyl (C=O) groups excluding carboxylic acids is 2. The molecule has 1 aromatic rings. The maximum absolute atomic E-state index is 11.6. The van der Waals surface area contributed by atoms with E-state index in [1.807, 2.05) is 0 Å². The maximum atomic E-state index is 11.6. The third kappa shape index (κ3) is 4.81. The van der Waals surface area contributed by atoms with Crippen LogP contribution in [0.1, 0.15) is 13.8 Å². The molecule has 0 aromatic carbocycles. The van der Waals surface area contributed by atoms with Gasteiger partial charge in [-0.25, -0.2) is 14.8 Å². The number of hydrogen-bond donors (Lipinski definition) is 2. The van der Waals surface area contributed by atoms with Crippen LogP contribution in [0, 0.1) is 0 Å². The minimum absolute atomic E-state index is 0.367. The molecule has 1 unspecified atom stereocenters. The van der Waals surface area contributed by atoms with E-state index >= 15 is 0 Å². The lowest BCUT2D eigenvalue weighted by Gasteiger charge is -2.09. The molecule has 0 spiro atoms. The van der Waals surface area contributed by atoms with Crippen molar-refractivity contribution >= 4 is 23.7 Å². The first-order valence-corrected chi connectivity index (χ1v) is 6.03. The summed E-state index contributed by atoms with van der Waals surface area (Å²) in [5.41, 5.74) is 0. The van der Waals surface area contributed by atoms with Crippen LogP contribution in [-0.4, -0.2) is 33.7 Å². The van der Waals surface area contributed by atoms with E-state index < -0.39 is 11.3 Å². The molecule has 3 amide bonds. The van der Waals surface area contributed by atoms with Crippen LogP contribution >= 0.6 is 11.8 Å². The first-order valence-electron chi connectivity index (χ1n) is 5.16. The highest BCUT2D eigenvalue weighted by atomic mass is 32.2. The average Bonchev–Trinajstić information content (AvgIpc) is 2.30. The van der Waals surface area contributed by atoms with Crippen LogP contribution in [0.25, 0.3) is 0 Å². The van der Waals surface area contributed by atoms with Gasteiger partial charge in [-0.3, -0.25) is 10.1 Å². The molecule has 17 heavy (non-hydrogen) atoms. The smallest absolute Gasteiger partial charge is 0.321 e. The van der Waals surface area contributed by atoms with Crippen molar-refractivity contribution in [1.82, 2.24) is 20.6 Å². The van der Waals surface area contributed by atoms with Crippen molar-refractivity contribution in [3.63, 3.8) is 0 Å². The Labute approximate surface area is 104 Å². The molecule has 0 aliphatic carbocycles. The molecule has 0 bridgehead atoms. The second-order valence-corrected chi connectivity index (χ2v) is 4.45. The van der Waals surface area contributed by atoms with Crippen molar-refractivity contribution in [2.24, 2.45) is 0 Å². The topological polar surface area (TPSA) is 84.0 Å². The first-order chi connectivity index (χ1) is 8.13. The van der Waals surface area contributed by atoms with E-state index in [2.05, 4.69) is 20.6 Å². The number of carbonyl (C=O) groups is 2. The molecule has 6 nitrogen and oxygen atoms in total. The number of imide groups is 1. The van der Waals surface area contributed by atoms with Crippen LogP contribution in [0.5, 0.6) is 0 Å². The lowest BCUT2D eigenvalue weighted by molar-refractivity contribution is -0.119. The summed E-state index contributed by atoms with van der Waals surface area (Å²) in [7, 11) is 0. The Hall–Kier alpha value is -1.63. The lowest BCUT2D eigenvalue weighted by Crippen LogP contribution is -2.42. The second kappa shape index (κ2) is 6.85. The lowest BCUT2D eigenvalue weighted by atomic mass is 10.4. The van der Waals surface area contributed by atoms with Crippen molar-refractivity contribution in [2.45, 2.75) is 24.3 Å². The fourth-order valence-electron chi connectivity index (χ4n) is 0.976. The number of aromatic nitrogens is 2. The molecule has 0 radical (unpaired) electrons. The average molecular weight is 254 g/mol. The predicted molar refractivity (Wildman–Crippen MR) is 64.6 cm³/mol. The Morgan fingerprint density at radius 1 is 1.41 bits per heavy atom. The molecular formula is C10H14N4O2S. The number of amides is 3. The van der Waals surface area contributed by atoms with Gasteiger partial charge in [0.15, 0.2) is 5.16 Å². The molecule has 7 heteroatoms. The standard InChI is InChI=1S/C10H14N4O2S/c1-3-11-9(16)14-8(15)7(2)17-10-12-5-4-6-13-10/h4-7H,3H2,1-2H3,(H2,11,14,15,16). The molecule has 0 fully saturated rings. The molecule has 92 valence electrons. The monoisotopic (exact) mass is 254 g/mol. The van der Waals surface area contributed by atoms with E-state index in [1.54, 1.807) is 32.3 Å². The minimum atomic E-state index is -0.487. The molecule has 0 saturated heterocycles. The van der Waals surface area contributed by atoms with E-state index in [1.165, 1.54) is 11.8 Å². The number of thioether (sulfide) groups is 1. The van der Waals surface area contributed by atoms with Gasteiger partial charge in [0.25, 0.3) is 0 Å². The van der Waals surface area contributed by atoms with Gasteiger partial charge in [0.05, 0.1) is 5.25 Å². The molecule has 1 aromatic heterocycles. The Morgan fingerprint density at radius 2 is 2.06 bits per heavy atom. The molecular weight excluding hydrogens is 240 g/mol. The number of hydrogen-bond acceptors (Lipinski definition) is 5. The highest BCUT2D eigenvalue weighted by molar-refractivity contribution is 8.00. The summed E-state index contributed by atoms with van der Waals surface area (Å²) in [6, 6.07) is 1.21. The summed E-state index contributed by atoms with van der Waals surface area (Å²) in [6.45, 7) is 3.94. The van der Waals surface area contributed by atoms with Gasteiger partial charge in [-0.15, -0.1) is 0 Å². The van der Waals surface area contributed by atoms with Crippen molar-refractivity contribution in [1.29, 1.82) is 0 Å². The van der Waals surface area contributed by atoms with Crippen molar-refractivity contribution in [2.75, 3.05) is 6.54 Å². The van der Waals surface area contributed by atoms with Crippen LogP contribution in [0.3, 0.4) is 0 Å². The Kier molecular flexibility index (Phi) is 5.41. The molecule has 1 heterocycles. The summed E-state index contributed by atoms with van der Waals surface area (Å²) in [5.74, 6) is -0.367. The van der Waals surface area contributed by atoms with Gasteiger partial charge in [-0.1, -0.05) is 11.8 Å². The second-order valence-electron chi connectivity index (χ2n) is 3.14. The normalized spacial score (nSPS) is 11.6. The van der Waals surface area contributed by atoms with Crippen LogP contribution in [0.15, 0.2) is 23.6 Å². The van der Waals surface area contributed by atoms with Crippen LogP contribution in [0.2, 0.25) is 0 Å². The van der Waals surface area contributed by atoms with Crippen LogP contribution < -0.4 is 10.6 Å². The fourth-order valence-corrected chi connectivity index (χ4v) is 1.70. The SMILES string of the molecule is CCNC(=O)NC(=O)C(C)Sc1ncccn1. The quantitative estimate of drug-likeness (QED) is 0.613. The summed E-state index contributed by atoms with van der Waals surface area (Å²) < 4.78 is 0. The molecule has 1 rings (SSSR count). The maximum Gasteiger partial charge on any atom is 0.321 e. The zero-order chi connectivity index (χ0) is 12.7. The largest absolute Gasteiger partial charge is 0.338 e. The van der Waals surface area contributed by atoms with Gasteiger partial charge in [0.2, 0.25) is 5.91 Å². The Bertz CT molecular complexity index is 385. The summed E-state index contributed by atoms with van der Waals surface area (Å²) in [6.07, 6.45) is 3.20. The molecule has 0 aliphatic heterocycles. The minimum Gasteiger partial charge on any atom is -0.338 e. The summed E-state index contributed by atoms with van der Waals surface area (Å²) >= 11 is 1.20. The van der Waals surface area contributed by atoms with Crippen molar-refractivity contribution in [3.05, 3.63) is 18.5 Å². The van der Waals surface area contributed by atoms with Crippen LogP contribution in [-0.2, 0) is 4.79 Å². The van der Waals surface area contributed by atoms with Gasteiger partial charge in [-0.2, -0.15) is 0 Å². The van der Waals surface area contributed by atoms with Crippen molar-refractivity contribution in [3.8, 4) is 0 Å². The van der Waals surface area contributed by atoms with E-state index in [4.69, 9.17) is 0 Å². The molecule has 0 aliphatic rings. The van der Waals surface area contributed by atoms with Gasteiger partial charge in [0, 0.05) is 18.9 Å². The van der Waals surface area contributed by atoms with Gasteiger partial charge >= 0.3 is 6.03 Å². The van der Waals surface area contributed by atoms with Crippen molar-refractivity contribution < 1.29 is 9.59 Å². The zero-order valence-electron chi connectivity index (χ0n) is 9.64. The molecule has 0 saturated carbocycles. The third-order valence-corrected chi connectivity index (χ3v) is 2.76. The Balaban J connectivity index is 2.45.